The van der Waals surface area contributed by atoms with E-state index in [2.05, 4.69) is 17.2 Å². The van der Waals surface area contributed by atoms with Gasteiger partial charge in [-0.15, -0.1) is 0 Å². The summed E-state index contributed by atoms with van der Waals surface area (Å²) in [6.07, 6.45) is 0.0610. The van der Waals surface area contributed by atoms with Gasteiger partial charge in [0.2, 0.25) is 0 Å². The van der Waals surface area contributed by atoms with Gasteiger partial charge in [0.1, 0.15) is 17.8 Å². The van der Waals surface area contributed by atoms with Crippen LogP contribution in [0.15, 0.2) is 48.8 Å². The smallest absolute Gasteiger partial charge is 0.810 e. The largest absolute Gasteiger partial charge is 2.00 e. The molecule has 190 valence electrons. The molecular weight excluding hydrogens is 701 g/mol. The average Bonchev–Trinajstić information content (AvgIpc) is 3.20. The number of alkyl halides is 3. The van der Waals surface area contributed by atoms with Crippen molar-refractivity contribution in [1.82, 2.24) is 14.7 Å². The van der Waals surface area contributed by atoms with Gasteiger partial charge in [0.05, 0.1) is 11.9 Å². The number of nitrogens with zero attached hydrogens (tertiary/aromatic N) is 3. The Kier molecular flexibility index (Phi) is 11.7. The molecule has 8 nitrogen and oxygen atoms in total. The molecule has 1 aromatic carbocycles. The van der Waals surface area contributed by atoms with Crippen molar-refractivity contribution in [1.29, 1.82) is 0 Å². The number of fused-ring (bicyclic) bond motifs is 1. The average molecular weight is 728 g/mol. The van der Waals surface area contributed by atoms with Crippen molar-refractivity contribution in [2.24, 2.45) is 0 Å². The van der Waals surface area contributed by atoms with Crippen LogP contribution in [0.2, 0.25) is 0 Å². The second kappa shape index (κ2) is 13.5. The molecule has 2 heterocycles. The molecule has 3 aromatic rings. The maximum atomic E-state index is 12.1. The molecule has 2 amide bonds. The SMILES string of the molecule is [CH2-]CC(=O)OC(C)(C)C.[N-]=Cc1ccn2c(-c3cccc(NC(=O)NCC(F)(F)F)c3)cnc2c1.[U+2]. The molecule has 3 rings (SSSR count). The van der Waals surface area contributed by atoms with Crippen LogP contribution in [-0.4, -0.2) is 45.9 Å². The summed E-state index contributed by atoms with van der Waals surface area (Å²) in [7, 11) is 0. The molecule has 0 bridgehead atoms. The molecule has 0 aliphatic carbocycles. The molecule has 2 aromatic heterocycles. The summed E-state index contributed by atoms with van der Waals surface area (Å²) in [5.41, 5.74) is 2.64. The first-order valence-corrected chi connectivity index (χ1v) is 10.5. The Balaban J connectivity index is 0.000000557. The normalized spacial score (nSPS) is 11.0. The molecule has 0 saturated carbocycles. The van der Waals surface area contributed by atoms with Crippen LogP contribution < -0.4 is 10.6 Å². The van der Waals surface area contributed by atoms with E-state index in [4.69, 9.17) is 10.1 Å². The van der Waals surface area contributed by atoms with Crippen molar-refractivity contribution in [3.8, 4) is 11.3 Å². The van der Waals surface area contributed by atoms with Crippen molar-refractivity contribution in [3.63, 3.8) is 0 Å². The number of nitrogens with one attached hydrogen (secondary N) is 2. The number of carbonyl (C=O) groups excluding carboxylic acids is 2. The van der Waals surface area contributed by atoms with E-state index in [0.717, 1.165) is 11.9 Å². The minimum atomic E-state index is -4.47. The fourth-order valence-corrected chi connectivity index (χ4v) is 2.79. The number of amides is 2. The van der Waals surface area contributed by atoms with Crippen LogP contribution in [0.4, 0.5) is 23.7 Å². The monoisotopic (exact) mass is 727 g/mol. The van der Waals surface area contributed by atoms with Crippen molar-refractivity contribution < 1.29 is 58.6 Å². The zero-order valence-electron chi connectivity index (χ0n) is 20.0. The molecule has 0 saturated heterocycles. The van der Waals surface area contributed by atoms with Gasteiger partial charge in [-0.05, 0) is 50.6 Å². The molecule has 0 atom stereocenters. The van der Waals surface area contributed by atoms with Gasteiger partial charge in [-0.2, -0.15) is 19.4 Å². The molecular formula is C24H26F3N5O3U. The van der Waals surface area contributed by atoms with Crippen molar-refractivity contribution in [2.75, 3.05) is 11.9 Å². The Morgan fingerprint density at radius 3 is 2.44 bits per heavy atom. The molecule has 0 spiro atoms. The van der Waals surface area contributed by atoms with Crippen molar-refractivity contribution in [2.45, 2.75) is 39.0 Å². The number of imidazole rings is 1. The van der Waals surface area contributed by atoms with Crippen molar-refractivity contribution in [3.05, 3.63) is 66.7 Å². The summed E-state index contributed by atoms with van der Waals surface area (Å²) in [5.74, 6) is -0.248. The molecule has 0 fully saturated rings. The van der Waals surface area contributed by atoms with Crippen LogP contribution in [0.25, 0.3) is 22.3 Å². The number of aromatic nitrogens is 2. The minimum absolute atomic E-state index is 0. The second-order valence-corrected chi connectivity index (χ2v) is 8.30. The topological polar surface area (TPSA) is 107 Å². The third-order valence-corrected chi connectivity index (χ3v) is 4.18. The zero-order chi connectivity index (χ0) is 26.2. The predicted molar refractivity (Wildman–Crippen MR) is 128 cm³/mol. The summed E-state index contributed by atoms with van der Waals surface area (Å²) >= 11 is 0. The number of pyridine rings is 1. The first-order chi connectivity index (χ1) is 16.3. The summed E-state index contributed by atoms with van der Waals surface area (Å²) in [5, 5.41) is 13.2. The van der Waals surface area contributed by atoms with E-state index in [0.29, 0.717) is 22.5 Å². The Morgan fingerprint density at radius 2 is 1.89 bits per heavy atom. The van der Waals surface area contributed by atoms with Gasteiger partial charge in [-0.1, -0.05) is 18.6 Å². The molecule has 2 N–H and O–H groups in total. The van der Waals surface area contributed by atoms with E-state index >= 15 is 0 Å². The van der Waals surface area contributed by atoms with Gasteiger partial charge in [-0.25, -0.2) is 9.78 Å². The fraction of sp³-hybridized carbons (Fsp3) is 0.292. The number of halogens is 3. The van der Waals surface area contributed by atoms with Crippen molar-refractivity contribution >= 4 is 29.5 Å². The predicted octanol–water partition coefficient (Wildman–Crippen LogP) is 5.23. The number of urea groups is 1. The van der Waals surface area contributed by atoms with Gasteiger partial charge < -0.3 is 27.7 Å². The van der Waals surface area contributed by atoms with Gasteiger partial charge in [0.15, 0.2) is 0 Å². The Bertz CT molecular complexity index is 1190. The molecule has 0 radical (unpaired) electrons. The van der Waals surface area contributed by atoms with E-state index in [-0.39, 0.29) is 49.1 Å². The fourth-order valence-electron chi connectivity index (χ4n) is 2.79. The van der Waals surface area contributed by atoms with E-state index in [1.54, 1.807) is 58.5 Å². The van der Waals surface area contributed by atoms with E-state index in [9.17, 15) is 22.8 Å². The van der Waals surface area contributed by atoms with Crippen LogP contribution in [0.5, 0.6) is 0 Å². The standard InChI is InChI=1S/C17H13F3N5O.C7H13O2.U/c18-17(19,20)10-23-16(26)24-13-3-1-2-12(7-13)14-9-22-15-6-11(8-21)4-5-25(14)15;1-5-6(8)9-7(2,3)4;/h1-9H,10H2,(H2,23,24,26);1,5H2,2-4H3;/q2*-1;+2. The van der Waals surface area contributed by atoms with Crippen LogP contribution in [0, 0.1) is 38.0 Å². The minimum Gasteiger partial charge on any atom is -0.810 e. The molecule has 0 aliphatic heterocycles. The summed E-state index contributed by atoms with van der Waals surface area (Å²) in [6, 6.07) is 9.10. The van der Waals surface area contributed by atoms with Gasteiger partial charge >= 0.3 is 43.3 Å². The quantitative estimate of drug-likeness (QED) is 0.214. The summed E-state index contributed by atoms with van der Waals surface area (Å²) in [4.78, 5) is 26.4. The summed E-state index contributed by atoms with van der Waals surface area (Å²) in [6.45, 7) is 7.49. The number of hydrogen-bond acceptors (Lipinski definition) is 4. The van der Waals surface area contributed by atoms with Crippen LogP contribution >= 0.6 is 0 Å². The first kappa shape index (κ1) is 31.2. The Morgan fingerprint density at radius 1 is 1.19 bits per heavy atom. The van der Waals surface area contributed by atoms with Gasteiger partial charge in [-0.3, -0.25) is 9.20 Å². The Hall–Kier alpha value is -2.84. The zero-order valence-corrected chi connectivity index (χ0v) is 24.2. The second-order valence-electron chi connectivity index (χ2n) is 8.30. The number of anilines is 1. The molecule has 0 aliphatic rings. The van der Waals surface area contributed by atoms with Crippen LogP contribution in [-0.2, 0) is 9.53 Å². The molecule has 36 heavy (non-hydrogen) atoms. The first-order valence-electron chi connectivity index (χ1n) is 10.5. The van der Waals surface area contributed by atoms with Crippen LogP contribution in [0.3, 0.4) is 0 Å². The van der Waals surface area contributed by atoms with E-state index in [1.807, 2.05) is 20.8 Å². The van der Waals surface area contributed by atoms with Gasteiger partial charge in [0.25, 0.3) is 5.97 Å². The van der Waals surface area contributed by atoms with Crippen LogP contribution in [0.1, 0.15) is 32.8 Å². The van der Waals surface area contributed by atoms with Gasteiger partial charge in [0, 0.05) is 17.4 Å². The third kappa shape index (κ3) is 10.4. The number of rotatable bonds is 5. The molecule has 0 unspecified atom stereocenters. The summed E-state index contributed by atoms with van der Waals surface area (Å²) < 4.78 is 43.1. The maximum absolute atomic E-state index is 12.1. The maximum Gasteiger partial charge on any atom is 2.00 e. The number of hydrogen-bond donors (Lipinski definition) is 2. The number of esters is 1. The molecule has 12 heteroatoms. The Labute approximate surface area is 230 Å². The third-order valence-electron chi connectivity index (χ3n) is 4.18. The van der Waals surface area contributed by atoms with E-state index in [1.165, 1.54) is 0 Å². The number of benzene rings is 1. The van der Waals surface area contributed by atoms with E-state index < -0.39 is 18.8 Å². The number of carbonyl (C=O) groups is 2. The number of ether oxygens (including phenoxy) is 1.